The lowest BCUT2D eigenvalue weighted by atomic mass is 9.97. The highest BCUT2D eigenvalue weighted by Crippen LogP contribution is 2.35. The first-order chi connectivity index (χ1) is 9.07. The highest BCUT2D eigenvalue weighted by atomic mass is 15.1. The topological polar surface area (TPSA) is 29.9 Å². The third-order valence-electron chi connectivity index (χ3n) is 3.71. The second kappa shape index (κ2) is 4.41. The Morgan fingerprint density at radius 3 is 2.89 bits per heavy atom. The average molecular weight is 255 g/mol. The molecule has 3 rings (SSSR count). The van der Waals surface area contributed by atoms with E-state index in [1.54, 1.807) is 0 Å². The van der Waals surface area contributed by atoms with E-state index >= 15 is 0 Å². The molecule has 0 bridgehead atoms. The molecule has 100 valence electrons. The number of benzene rings is 1. The van der Waals surface area contributed by atoms with Gasteiger partial charge in [0.2, 0.25) is 0 Å². The molecule has 1 aromatic carbocycles. The van der Waals surface area contributed by atoms with Crippen molar-refractivity contribution in [2.75, 3.05) is 11.9 Å². The van der Waals surface area contributed by atoms with E-state index in [0.29, 0.717) is 0 Å². The van der Waals surface area contributed by atoms with E-state index in [0.717, 1.165) is 6.54 Å². The molecule has 0 saturated carbocycles. The van der Waals surface area contributed by atoms with Crippen molar-refractivity contribution in [2.24, 2.45) is 0 Å². The largest absolute Gasteiger partial charge is 0.384 e. The Morgan fingerprint density at radius 2 is 2.11 bits per heavy atom. The second-order valence-corrected chi connectivity index (χ2v) is 6.19. The monoisotopic (exact) mass is 255 g/mol. The van der Waals surface area contributed by atoms with Crippen molar-refractivity contribution in [1.29, 1.82) is 0 Å². The fourth-order valence-electron chi connectivity index (χ4n) is 2.75. The quantitative estimate of drug-likeness (QED) is 0.842. The van der Waals surface area contributed by atoms with E-state index in [1.165, 1.54) is 35.3 Å². The van der Waals surface area contributed by atoms with Gasteiger partial charge in [0.1, 0.15) is 0 Å². The van der Waals surface area contributed by atoms with Gasteiger partial charge in [-0.2, -0.15) is 0 Å². The molecule has 0 aliphatic carbocycles. The molecule has 3 heteroatoms. The first-order valence-electron chi connectivity index (χ1n) is 6.96. The van der Waals surface area contributed by atoms with Gasteiger partial charge in [0.25, 0.3) is 0 Å². The molecule has 1 aromatic heterocycles. The maximum Gasteiger partial charge on any atom is 0.0955 e. The van der Waals surface area contributed by atoms with Gasteiger partial charge in [0, 0.05) is 23.3 Å². The minimum absolute atomic E-state index is 0.0449. The van der Waals surface area contributed by atoms with E-state index < -0.39 is 0 Å². The molecule has 2 heterocycles. The Balaban J connectivity index is 2.16. The molecule has 0 amide bonds. The Kier molecular flexibility index (Phi) is 2.85. The van der Waals surface area contributed by atoms with E-state index in [4.69, 9.17) is 0 Å². The van der Waals surface area contributed by atoms with E-state index in [9.17, 15) is 0 Å². The van der Waals surface area contributed by atoms with Crippen molar-refractivity contribution in [3.05, 3.63) is 36.3 Å². The summed E-state index contributed by atoms with van der Waals surface area (Å²) in [6, 6.07) is 6.57. The summed E-state index contributed by atoms with van der Waals surface area (Å²) in [5.41, 5.74) is 5.22. The Labute approximate surface area is 114 Å². The maximum atomic E-state index is 4.35. The zero-order chi connectivity index (χ0) is 13.5. The van der Waals surface area contributed by atoms with Crippen molar-refractivity contribution in [3.63, 3.8) is 0 Å². The lowest BCUT2D eigenvalue weighted by Gasteiger charge is -2.26. The first kappa shape index (κ1) is 12.3. The highest BCUT2D eigenvalue weighted by molar-refractivity contribution is 5.79. The summed E-state index contributed by atoms with van der Waals surface area (Å²) in [7, 11) is 0. The average Bonchev–Trinajstić information content (AvgIpc) is 2.87. The minimum atomic E-state index is 0.0449. The first-order valence-corrected chi connectivity index (χ1v) is 6.96. The van der Waals surface area contributed by atoms with Crippen molar-refractivity contribution in [3.8, 4) is 11.3 Å². The third-order valence-corrected chi connectivity index (χ3v) is 3.71. The minimum Gasteiger partial charge on any atom is -0.384 e. The van der Waals surface area contributed by atoms with Gasteiger partial charge >= 0.3 is 0 Å². The van der Waals surface area contributed by atoms with Gasteiger partial charge in [-0.1, -0.05) is 18.2 Å². The van der Waals surface area contributed by atoms with Crippen molar-refractivity contribution in [1.82, 2.24) is 9.55 Å². The van der Waals surface area contributed by atoms with Crippen LogP contribution in [0.15, 0.2) is 30.7 Å². The van der Waals surface area contributed by atoms with Gasteiger partial charge in [-0.25, -0.2) is 4.98 Å². The van der Waals surface area contributed by atoms with Crippen LogP contribution in [0.1, 0.15) is 32.8 Å². The number of nitrogens with one attached hydrogen (secondary N) is 1. The van der Waals surface area contributed by atoms with Crippen LogP contribution in [0, 0.1) is 0 Å². The number of hydrogen-bond acceptors (Lipinski definition) is 2. The molecule has 0 unspecified atom stereocenters. The molecule has 0 fully saturated rings. The third kappa shape index (κ3) is 2.14. The SMILES string of the molecule is CC(C)(C)n1cncc1-c1cccc2c1NCCC2. The lowest BCUT2D eigenvalue weighted by molar-refractivity contribution is 0.400. The van der Waals surface area contributed by atoms with Gasteiger partial charge < -0.3 is 9.88 Å². The zero-order valence-electron chi connectivity index (χ0n) is 11.9. The van der Waals surface area contributed by atoms with Crippen LogP contribution >= 0.6 is 0 Å². The van der Waals surface area contributed by atoms with Crippen LogP contribution in [0.25, 0.3) is 11.3 Å². The predicted octanol–water partition coefficient (Wildman–Crippen LogP) is 3.66. The van der Waals surface area contributed by atoms with Gasteiger partial charge in [0.05, 0.1) is 18.2 Å². The Morgan fingerprint density at radius 1 is 1.26 bits per heavy atom. The van der Waals surface area contributed by atoms with E-state index in [1.807, 2.05) is 12.5 Å². The molecule has 1 N–H and O–H groups in total. The number of aryl methyl sites for hydroxylation is 1. The highest BCUT2D eigenvalue weighted by Gasteiger charge is 2.21. The Hall–Kier alpha value is -1.77. The van der Waals surface area contributed by atoms with Crippen molar-refractivity contribution < 1.29 is 0 Å². The zero-order valence-corrected chi connectivity index (χ0v) is 11.9. The summed E-state index contributed by atoms with van der Waals surface area (Å²) in [6.45, 7) is 7.69. The van der Waals surface area contributed by atoms with E-state index in [-0.39, 0.29) is 5.54 Å². The smallest absolute Gasteiger partial charge is 0.0955 e. The van der Waals surface area contributed by atoms with Crippen LogP contribution in [0.2, 0.25) is 0 Å². The van der Waals surface area contributed by atoms with Gasteiger partial charge in [0.15, 0.2) is 0 Å². The van der Waals surface area contributed by atoms with Gasteiger partial charge in [-0.15, -0.1) is 0 Å². The normalized spacial score (nSPS) is 14.9. The molecule has 0 atom stereocenters. The lowest BCUT2D eigenvalue weighted by Crippen LogP contribution is -2.22. The number of nitrogens with zero attached hydrogens (tertiary/aromatic N) is 2. The summed E-state index contributed by atoms with van der Waals surface area (Å²) in [5, 5.41) is 3.56. The van der Waals surface area contributed by atoms with Gasteiger partial charge in [-0.3, -0.25) is 0 Å². The van der Waals surface area contributed by atoms with Crippen LogP contribution < -0.4 is 5.32 Å². The fraction of sp³-hybridized carbons (Fsp3) is 0.438. The molecule has 0 saturated heterocycles. The second-order valence-electron chi connectivity index (χ2n) is 6.19. The molecule has 2 aromatic rings. The molecule has 1 aliphatic heterocycles. The predicted molar refractivity (Wildman–Crippen MR) is 79.5 cm³/mol. The van der Waals surface area contributed by atoms with Gasteiger partial charge in [-0.05, 0) is 39.2 Å². The van der Waals surface area contributed by atoms with Crippen molar-refractivity contribution in [2.45, 2.75) is 39.2 Å². The maximum absolute atomic E-state index is 4.35. The summed E-state index contributed by atoms with van der Waals surface area (Å²) >= 11 is 0. The Bertz CT molecular complexity index is 590. The number of para-hydroxylation sites is 1. The molecule has 0 radical (unpaired) electrons. The standard InChI is InChI=1S/C16H21N3/c1-16(2,3)19-11-17-10-14(19)13-8-4-6-12-7-5-9-18-15(12)13/h4,6,8,10-11,18H,5,7,9H2,1-3H3. The molecule has 0 spiro atoms. The summed E-state index contributed by atoms with van der Waals surface area (Å²) < 4.78 is 2.25. The van der Waals surface area contributed by atoms with Crippen LogP contribution in [0.5, 0.6) is 0 Å². The summed E-state index contributed by atoms with van der Waals surface area (Å²) in [5.74, 6) is 0. The molecule has 3 nitrogen and oxygen atoms in total. The molecular formula is C16H21N3. The number of fused-ring (bicyclic) bond motifs is 1. The number of rotatable bonds is 1. The summed E-state index contributed by atoms with van der Waals surface area (Å²) in [4.78, 5) is 4.35. The van der Waals surface area contributed by atoms with Crippen LogP contribution in [-0.4, -0.2) is 16.1 Å². The number of aromatic nitrogens is 2. The van der Waals surface area contributed by atoms with Crippen LogP contribution in [0.4, 0.5) is 5.69 Å². The molecule has 1 aliphatic rings. The van der Waals surface area contributed by atoms with Crippen LogP contribution in [0.3, 0.4) is 0 Å². The molecule has 19 heavy (non-hydrogen) atoms. The number of anilines is 1. The van der Waals surface area contributed by atoms with Crippen molar-refractivity contribution >= 4 is 5.69 Å². The molecular weight excluding hydrogens is 234 g/mol. The number of imidazole rings is 1. The summed E-state index contributed by atoms with van der Waals surface area (Å²) in [6.07, 6.45) is 6.28. The van der Waals surface area contributed by atoms with Crippen LogP contribution in [-0.2, 0) is 12.0 Å². The fourth-order valence-corrected chi connectivity index (χ4v) is 2.75. The van der Waals surface area contributed by atoms with E-state index in [2.05, 4.69) is 53.8 Å². The number of hydrogen-bond donors (Lipinski definition) is 1.